The summed E-state index contributed by atoms with van der Waals surface area (Å²) in [6.07, 6.45) is 2.72. The Hall–Kier alpha value is -2.55. The third-order valence-electron chi connectivity index (χ3n) is 7.56. The van der Waals surface area contributed by atoms with Crippen LogP contribution in [0.1, 0.15) is 50.1 Å². The minimum Gasteiger partial charge on any atom is -0.461 e. The zero-order valence-electron chi connectivity index (χ0n) is 18.1. The van der Waals surface area contributed by atoms with Crippen LogP contribution in [0.25, 0.3) is 0 Å². The molecule has 1 aliphatic heterocycles. The predicted molar refractivity (Wildman–Crippen MR) is 117 cm³/mol. The SMILES string of the molecule is C[C@@H]1C(=O)O[C@H]2[C@H]1CC[C@]1(C)Cc3sc(NC(=O)Nc4ccc(F)cc4F)nc3[C@@H](C)[C@H]21. The molecule has 1 saturated carbocycles. The highest BCUT2D eigenvalue weighted by Gasteiger charge is 2.58. The number of rotatable bonds is 2. The van der Waals surface area contributed by atoms with Crippen molar-refractivity contribution >= 4 is 34.2 Å². The second-order valence-corrected chi connectivity index (χ2v) is 10.7. The number of esters is 1. The van der Waals surface area contributed by atoms with Crippen molar-refractivity contribution in [3.8, 4) is 0 Å². The van der Waals surface area contributed by atoms with E-state index in [0.717, 1.165) is 35.9 Å². The van der Waals surface area contributed by atoms with Crippen molar-refractivity contribution in [3.63, 3.8) is 0 Å². The molecule has 1 aromatic heterocycles. The van der Waals surface area contributed by atoms with Gasteiger partial charge in [-0.3, -0.25) is 10.1 Å². The molecule has 2 amide bonds. The molecule has 170 valence electrons. The van der Waals surface area contributed by atoms with Gasteiger partial charge in [-0.2, -0.15) is 0 Å². The lowest BCUT2D eigenvalue weighted by atomic mass is 9.54. The van der Waals surface area contributed by atoms with E-state index in [1.165, 1.54) is 17.4 Å². The molecule has 2 aliphatic carbocycles. The van der Waals surface area contributed by atoms with Gasteiger partial charge in [0.1, 0.15) is 17.7 Å². The molecule has 0 bridgehead atoms. The molecule has 0 spiro atoms. The van der Waals surface area contributed by atoms with Gasteiger partial charge in [0, 0.05) is 28.7 Å². The molecule has 0 radical (unpaired) electrons. The Labute approximate surface area is 188 Å². The van der Waals surface area contributed by atoms with Crippen LogP contribution in [0, 0.1) is 34.8 Å². The number of urea groups is 1. The number of nitrogens with zero attached hydrogens (tertiary/aromatic N) is 1. The number of carbonyl (C=O) groups excluding carboxylic acids is 2. The summed E-state index contributed by atoms with van der Waals surface area (Å²) >= 11 is 1.42. The fraction of sp³-hybridized carbons (Fsp3) is 0.522. The fourth-order valence-electron chi connectivity index (χ4n) is 5.97. The van der Waals surface area contributed by atoms with Crippen LogP contribution in [0.2, 0.25) is 0 Å². The second-order valence-electron chi connectivity index (χ2n) is 9.57. The molecule has 5 rings (SSSR count). The number of halogens is 2. The fourth-order valence-corrected chi connectivity index (χ4v) is 7.23. The first kappa shape index (κ1) is 21.3. The zero-order chi connectivity index (χ0) is 22.8. The summed E-state index contributed by atoms with van der Waals surface area (Å²) < 4.78 is 32.8. The molecule has 1 aromatic carbocycles. The van der Waals surface area contributed by atoms with E-state index in [-0.39, 0.29) is 46.8 Å². The Morgan fingerprint density at radius 1 is 1.25 bits per heavy atom. The van der Waals surface area contributed by atoms with Gasteiger partial charge in [-0.15, -0.1) is 11.3 Å². The van der Waals surface area contributed by atoms with E-state index >= 15 is 0 Å². The average molecular weight is 462 g/mol. The van der Waals surface area contributed by atoms with Crippen LogP contribution in [0.5, 0.6) is 0 Å². The molecule has 2 N–H and O–H groups in total. The zero-order valence-corrected chi connectivity index (χ0v) is 18.9. The van der Waals surface area contributed by atoms with Crippen LogP contribution < -0.4 is 10.6 Å². The number of aromatic nitrogens is 1. The molecule has 2 heterocycles. The topological polar surface area (TPSA) is 80.3 Å². The first-order chi connectivity index (χ1) is 15.2. The molecule has 6 atom stereocenters. The van der Waals surface area contributed by atoms with E-state index in [1.807, 2.05) is 6.92 Å². The van der Waals surface area contributed by atoms with Crippen molar-refractivity contribution in [1.29, 1.82) is 0 Å². The number of fused-ring (bicyclic) bond motifs is 4. The first-order valence-corrected chi connectivity index (χ1v) is 11.7. The minimum atomic E-state index is -0.848. The summed E-state index contributed by atoms with van der Waals surface area (Å²) in [6.45, 7) is 6.35. The Kier molecular flexibility index (Phi) is 5.00. The van der Waals surface area contributed by atoms with Crippen molar-refractivity contribution in [2.45, 2.75) is 52.1 Å². The lowest BCUT2D eigenvalue weighted by Gasteiger charge is -2.51. The Morgan fingerprint density at radius 2 is 2.03 bits per heavy atom. The number of hydrogen-bond donors (Lipinski definition) is 2. The largest absolute Gasteiger partial charge is 0.461 e. The smallest absolute Gasteiger partial charge is 0.325 e. The number of anilines is 2. The van der Waals surface area contributed by atoms with Crippen molar-refractivity contribution in [3.05, 3.63) is 40.4 Å². The lowest BCUT2D eigenvalue weighted by Crippen LogP contribution is -2.50. The lowest BCUT2D eigenvalue weighted by molar-refractivity contribution is -0.149. The summed E-state index contributed by atoms with van der Waals surface area (Å²) in [5.41, 5.74) is 0.818. The van der Waals surface area contributed by atoms with Gasteiger partial charge in [0.2, 0.25) is 0 Å². The maximum Gasteiger partial charge on any atom is 0.325 e. The second kappa shape index (κ2) is 7.50. The summed E-state index contributed by atoms with van der Waals surface area (Å²) in [6, 6.07) is 2.32. The number of thiazole rings is 1. The molecule has 2 aromatic rings. The summed E-state index contributed by atoms with van der Waals surface area (Å²) in [7, 11) is 0. The third-order valence-corrected chi connectivity index (χ3v) is 8.54. The normalized spacial score (nSPS) is 33.0. The van der Waals surface area contributed by atoms with Gasteiger partial charge in [-0.05, 0) is 36.8 Å². The van der Waals surface area contributed by atoms with Crippen molar-refractivity contribution in [2.24, 2.45) is 23.2 Å². The van der Waals surface area contributed by atoms with Crippen molar-refractivity contribution < 1.29 is 23.1 Å². The van der Waals surface area contributed by atoms with Gasteiger partial charge in [-0.25, -0.2) is 18.6 Å². The Balaban J connectivity index is 1.36. The van der Waals surface area contributed by atoms with Gasteiger partial charge in [0.25, 0.3) is 0 Å². The number of ether oxygens (including phenoxy) is 1. The first-order valence-electron chi connectivity index (χ1n) is 10.9. The number of nitrogens with one attached hydrogen (secondary N) is 2. The van der Waals surface area contributed by atoms with Crippen LogP contribution >= 0.6 is 11.3 Å². The summed E-state index contributed by atoms with van der Waals surface area (Å²) in [5, 5.41) is 5.50. The van der Waals surface area contributed by atoms with Crippen LogP contribution in [-0.2, 0) is 16.0 Å². The monoisotopic (exact) mass is 461 g/mol. The summed E-state index contributed by atoms with van der Waals surface area (Å²) in [4.78, 5) is 30.4. The molecule has 3 aliphatic rings. The number of amides is 2. The number of benzene rings is 1. The van der Waals surface area contributed by atoms with E-state index in [2.05, 4.69) is 29.5 Å². The van der Waals surface area contributed by atoms with Gasteiger partial charge in [-0.1, -0.05) is 20.8 Å². The average Bonchev–Trinajstić information content (AvgIpc) is 3.23. The molecule has 2 fully saturated rings. The van der Waals surface area contributed by atoms with E-state index in [4.69, 9.17) is 4.74 Å². The van der Waals surface area contributed by atoms with E-state index < -0.39 is 17.7 Å². The summed E-state index contributed by atoms with van der Waals surface area (Å²) in [5.74, 6) is -1.22. The molecule has 1 saturated heterocycles. The highest BCUT2D eigenvalue weighted by molar-refractivity contribution is 7.15. The van der Waals surface area contributed by atoms with Crippen LogP contribution in [0.4, 0.5) is 24.4 Å². The van der Waals surface area contributed by atoms with Crippen LogP contribution in [0.3, 0.4) is 0 Å². The van der Waals surface area contributed by atoms with Crippen molar-refractivity contribution in [2.75, 3.05) is 10.6 Å². The standard InChI is InChI=1S/C23H25F2N3O3S/c1-10-13-6-7-23(3)9-16-18(11(2)17(23)19(13)31-20(10)29)27-22(32-16)28-21(30)26-15-5-4-12(24)8-14(15)25/h4-5,8,10-11,13,17,19H,6-7,9H2,1-3H3,(H2,26,27,28,30)/t10-,11-,13-,17+,19-,23+/m0/s1. The number of hydrogen-bond acceptors (Lipinski definition) is 5. The molecule has 32 heavy (non-hydrogen) atoms. The van der Waals surface area contributed by atoms with E-state index in [0.29, 0.717) is 11.2 Å². The highest BCUT2D eigenvalue weighted by atomic mass is 32.1. The molecular formula is C23H25F2N3O3S. The molecule has 6 nitrogen and oxygen atoms in total. The van der Waals surface area contributed by atoms with E-state index in [9.17, 15) is 18.4 Å². The predicted octanol–water partition coefficient (Wildman–Crippen LogP) is 5.32. The van der Waals surface area contributed by atoms with Crippen molar-refractivity contribution in [1.82, 2.24) is 4.98 Å². The van der Waals surface area contributed by atoms with Gasteiger partial charge in [0.05, 0.1) is 17.3 Å². The Bertz CT molecular complexity index is 1110. The quantitative estimate of drug-likeness (QED) is 0.594. The third kappa shape index (κ3) is 3.37. The van der Waals surface area contributed by atoms with E-state index in [1.54, 1.807) is 0 Å². The van der Waals surface area contributed by atoms with Crippen LogP contribution in [0.15, 0.2) is 18.2 Å². The maximum atomic E-state index is 13.8. The number of carbonyl (C=O) groups is 2. The highest BCUT2D eigenvalue weighted by Crippen LogP contribution is 2.59. The molecule has 0 unspecified atom stereocenters. The minimum absolute atomic E-state index is 0.00122. The maximum absolute atomic E-state index is 13.8. The molecule has 9 heteroatoms. The molecular weight excluding hydrogens is 436 g/mol. The van der Waals surface area contributed by atoms with Gasteiger partial charge < -0.3 is 10.1 Å². The Morgan fingerprint density at radius 3 is 2.78 bits per heavy atom. The van der Waals surface area contributed by atoms with Gasteiger partial charge >= 0.3 is 12.0 Å². The van der Waals surface area contributed by atoms with Crippen LogP contribution in [-0.4, -0.2) is 23.1 Å². The van der Waals surface area contributed by atoms with Gasteiger partial charge in [0.15, 0.2) is 5.13 Å².